The summed E-state index contributed by atoms with van der Waals surface area (Å²) in [6.45, 7) is 1.86. The first-order valence-electron chi connectivity index (χ1n) is 5.93. The number of ether oxygens (including phenoxy) is 2. The Labute approximate surface area is 120 Å². The van der Waals surface area contributed by atoms with Gasteiger partial charge in [-0.3, -0.25) is 4.79 Å². The van der Waals surface area contributed by atoms with Gasteiger partial charge in [0.1, 0.15) is 17.0 Å². The molecule has 1 heterocycles. The summed E-state index contributed by atoms with van der Waals surface area (Å²) in [5.74, 6) is 0.418. The highest BCUT2D eigenvalue weighted by molar-refractivity contribution is 8.00. The van der Waals surface area contributed by atoms with E-state index in [4.69, 9.17) is 14.6 Å². The van der Waals surface area contributed by atoms with Gasteiger partial charge in [-0.15, -0.1) is 11.8 Å². The van der Waals surface area contributed by atoms with Gasteiger partial charge >= 0.3 is 5.97 Å². The van der Waals surface area contributed by atoms with Crippen LogP contribution in [0.3, 0.4) is 0 Å². The summed E-state index contributed by atoms with van der Waals surface area (Å²) in [5, 5.41) is 9.63. The Morgan fingerprint density at radius 3 is 2.55 bits per heavy atom. The van der Waals surface area contributed by atoms with Crippen LogP contribution in [0, 0.1) is 6.92 Å². The molecule has 6 heteroatoms. The number of fused-ring (bicyclic) bond motifs is 1. The molecule has 106 valence electrons. The molecule has 1 aromatic carbocycles. The second-order valence-electron chi connectivity index (χ2n) is 4.14. The first-order valence-corrected chi connectivity index (χ1v) is 6.92. The molecule has 1 aromatic heterocycles. The molecule has 20 heavy (non-hydrogen) atoms. The van der Waals surface area contributed by atoms with Gasteiger partial charge in [0.2, 0.25) is 0 Å². The first-order chi connectivity index (χ1) is 9.56. The van der Waals surface area contributed by atoms with E-state index in [1.54, 1.807) is 26.4 Å². The molecule has 0 saturated carbocycles. The van der Waals surface area contributed by atoms with E-state index in [-0.39, 0.29) is 5.75 Å². The third-order valence-electron chi connectivity index (χ3n) is 2.77. The van der Waals surface area contributed by atoms with Gasteiger partial charge in [-0.2, -0.15) is 0 Å². The number of benzene rings is 1. The highest BCUT2D eigenvalue weighted by atomic mass is 32.2. The number of hydrogen-bond donors (Lipinski definition) is 1. The van der Waals surface area contributed by atoms with Crippen molar-refractivity contribution in [3.8, 4) is 11.5 Å². The lowest BCUT2D eigenvalue weighted by Gasteiger charge is -2.13. The van der Waals surface area contributed by atoms with Gasteiger partial charge in [0.25, 0.3) is 0 Å². The summed E-state index contributed by atoms with van der Waals surface area (Å²) in [6.07, 6.45) is 0. The molecule has 2 aromatic rings. The largest absolute Gasteiger partial charge is 0.496 e. The molecule has 0 amide bonds. The molecule has 0 aliphatic carbocycles. The summed E-state index contributed by atoms with van der Waals surface area (Å²) in [6, 6.07) is 5.44. The van der Waals surface area contributed by atoms with Crippen molar-refractivity contribution in [2.45, 2.75) is 11.8 Å². The summed E-state index contributed by atoms with van der Waals surface area (Å²) in [7, 11) is 3.15. The number of aromatic nitrogens is 1. The SMILES string of the molecule is COc1ccc(OC)c2c(SCC(=O)O)cc(C)nc12. The molecule has 0 atom stereocenters. The van der Waals surface area contributed by atoms with Gasteiger partial charge in [0, 0.05) is 10.6 Å². The van der Waals surface area contributed by atoms with Crippen LogP contribution in [0.5, 0.6) is 11.5 Å². The van der Waals surface area contributed by atoms with E-state index in [1.165, 1.54) is 11.8 Å². The monoisotopic (exact) mass is 293 g/mol. The van der Waals surface area contributed by atoms with Crippen LogP contribution in [-0.2, 0) is 4.79 Å². The second-order valence-corrected chi connectivity index (χ2v) is 5.16. The van der Waals surface area contributed by atoms with Crippen LogP contribution in [0.4, 0.5) is 0 Å². The highest BCUT2D eigenvalue weighted by Gasteiger charge is 2.15. The summed E-state index contributed by atoms with van der Waals surface area (Å²) in [4.78, 5) is 16.1. The lowest BCUT2D eigenvalue weighted by molar-refractivity contribution is -0.133. The number of aliphatic carboxylic acids is 1. The minimum atomic E-state index is -0.862. The fourth-order valence-electron chi connectivity index (χ4n) is 1.96. The van der Waals surface area contributed by atoms with E-state index >= 15 is 0 Å². The lowest BCUT2D eigenvalue weighted by atomic mass is 10.1. The Bertz CT molecular complexity index is 657. The number of thioether (sulfide) groups is 1. The number of carboxylic acids is 1. The minimum absolute atomic E-state index is 0.0150. The minimum Gasteiger partial charge on any atom is -0.496 e. The number of methoxy groups -OCH3 is 2. The standard InChI is InChI=1S/C14H15NO4S/c1-8-6-11(20-7-12(16)17)13-9(18-2)4-5-10(19-3)14(13)15-8/h4-6H,7H2,1-3H3,(H,16,17). The van der Waals surface area contributed by atoms with E-state index in [9.17, 15) is 4.79 Å². The number of aryl methyl sites for hydroxylation is 1. The van der Waals surface area contributed by atoms with Crippen LogP contribution < -0.4 is 9.47 Å². The number of carboxylic acid groups (broad SMARTS) is 1. The zero-order valence-corrected chi connectivity index (χ0v) is 12.3. The molecule has 5 nitrogen and oxygen atoms in total. The summed E-state index contributed by atoms with van der Waals surface area (Å²) < 4.78 is 10.7. The van der Waals surface area contributed by atoms with Crippen molar-refractivity contribution in [1.82, 2.24) is 4.98 Å². The van der Waals surface area contributed by atoms with Gasteiger partial charge in [0.05, 0.1) is 25.4 Å². The molecule has 0 aliphatic heterocycles. The maximum Gasteiger partial charge on any atom is 0.313 e. The Kier molecular flexibility index (Phi) is 4.34. The van der Waals surface area contributed by atoms with Crippen LogP contribution in [0.2, 0.25) is 0 Å². The van der Waals surface area contributed by atoms with E-state index in [0.717, 1.165) is 16.0 Å². The zero-order valence-electron chi connectivity index (χ0n) is 11.5. The first kappa shape index (κ1) is 14.5. The average molecular weight is 293 g/mol. The van der Waals surface area contributed by atoms with Gasteiger partial charge < -0.3 is 14.6 Å². The van der Waals surface area contributed by atoms with Crippen molar-refractivity contribution < 1.29 is 19.4 Å². The number of carbonyl (C=O) groups is 1. The fraction of sp³-hybridized carbons (Fsp3) is 0.286. The third kappa shape index (κ3) is 2.80. The smallest absolute Gasteiger partial charge is 0.313 e. The Morgan fingerprint density at radius 1 is 1.30 bits per heavy atom. The Morgan fingerprint density at radius 2 is 1.95 bits per heavy atom. The topological polar surface area (TPSA) is 68.7 Å². The third-order valence-corrected chi connectivity index (χ3v) is 3.79. The van der Waals surface area contributed by atoms with Crippen molar-refractivity contribution in [1.29, 1.82) is 0 Å². The molecule has 2 rings (SSSR count). The van der Waals surface area contributed by atoms with Crippen molar-refractivity contribution in [2.24, 2.45) is 0 Å². The van der Waals surface area contributed by atoms with Crippen LogP contribution in [0.1, 0.15) is 5.69 Å². The van der Waals surface area contributed by atoms with Gasteiger partial charge in [-0.05, 0) is 25.1 Å². The summed E-state index contributed by atoms with van der Waals surface area (Å²) >= 11 is 1.25. The van der Waals surface area contributed by atoms with E-state index in [1.807, 2.05) is 13.0 Å². The normalized spacial score (nSPS) is 10.6. The van der Waals surface area contributed by atoms with E-state index in [0.29, 0.717) is 17.0 Å². The molecular weight excluding hydrogens is 278 g/mol. The van der Waals surface area contributed by atoms with Crippen molar-refractivity contribution in [2.75, 3.05) is 20.0 Å². The fourth-order valence-corrected chi connectivity index (χ4v) is 2.84. The molecule has 0 aliphatic rings. The highest BCUT2D eigenvalue weighted by Crippen LogP contribution is 2.38. The molecule has 0 bridgehead atoms. The molecular formula is C14H15NO4S. The van der Waals surface area contributed by atoms with Gasteiger partial charge in [-0.1, -0.05) is 0 Å². The van der Waals surface area contributed by atoms with E-state index < -0.39 is 5.97 Å². The molecule has 0 spiro atoms. The molecule has 0 saturated heterocycles. The van der Waals surface area contributed by atoms with Gasteiger partial charge in [-0.25, -0.2) is 4.98 Å². The predicted octanol–water partition coefficient (Wildman–Crippen LogP) is 2.74. The van der Waals surface area contributed by atoms with Gasteiger partial charge in [0.15, 0.2) is 0 Å². The number of hydrogen-bond acceptors (Lipinski definition) is 5. The van der Waals surface area contributed by atoms with Crippen molar-refractivity contribution in [3.63, 3.8) is 0 Å². The zero-order chi connectivity index (χ0) is 14.7. The second kappa shape index (κ2) is 6.00. The molecule has 0 fully saturated rings. The van der Waals surface area contributed by atoms with E-state index in [2.05, 4.69) is 4.98 Å². The Balaban J connectivity index is 2.68. The van der Waals surface area contributed by atoms with Crippen LogP contribution in [-0.4, -0.2) is 36.0 Å². The number of rotatable bonds is 5. The van der Waals surface area contributed by atoms with Crippen LogP contribution in [0.25, 0.3) is 10.9 Å². The molecule has 0 unspecified atom stereocenters. The number of nitrogens with zero attached hydrogens (tertiary/aromatic N) is 1. The quantitative estimate of drug-likeness (QED) is 0.855. The molecule has 1 N–H and O–H groups in total. The van der Waals surface area contributed by atoms with Crippen molar-refractivity contribution >= 4 is 28.6 Å². The molecule has 0 radical (unpaired) electrons. The maximum absolute atomic E-state index is 10.8. The Hall–Kier alpha value is -1.95. The summed E-state index contributed by atoms with van der Waals surface area (Å²) in [5.41, 5.74) is 1.48. The van der Waals surface area contributed by atoms with Crippen molar-refractivity contribution in [3.05, 3.63) is 23.9 Å². The predicted molar refractivity (Wildman–Crippen MR) is 77.9 cm³/mol. The van der Waals surface area contributed by atoms with Crippen LogP contribution >= 0.6 is 11.8 Å². The van der Waals surface area contributed by atoms with Crippen LogP contribution in [0.15, 0.2) is 23.1 Å². The lowest BCUT2D eigenvalue weighted by Crippen LogP contribution is -1.99. The maximum atomic E-state index is 10.8. The number of pyridine rings is 1. The average Bonchev–Trinajstić information content (AvgIpc) is 2.43.